The molecule has 2 rings (SSSR count). The number of fused-ring (bicyclic) bond motifs is 1. The largest absolute Gasteiger partial charge is 0.507 e. The van der Waals surface area contributed by atoms with E-state index in [4.69, 9.17) is 0 Å². The lowest BCUT2D eigenvalue weighted by atomic mass is 10.1. The molecule has 23 heavy (non-hydrogen) atoms. The van der Waals surface area contributed by atoms with Crippen molar-refractivity contribution in [2.24, 2.45) is 0 Å². The Kier molecular flexibility index (Phi) is 3.46. The number of nitrogens with one attached hydrogen (secondary N) is 1. The summed E-state index contributed by atoms with van der Waals surface area (Å²) in [6.07, 6.45) is 0. The minimum atomic E-state index is -1.45. The lowest BCUT2D eigenvalue weighted by molar-refractivity contribution is -0.423. The van der Waals surface area contributed by atoms with E-state index >= 15 is 0 Å². The van der Waals surface area contributed by atoms with Gasteiger partial charge in [0.1, 0.15) is 22.7 Å². The first-order valence-corrected chi connectivity index (χ1v) is 5.55. The van der Waals surface area contributed by atoms with Gasteiger partial charge in [-0.25, -0.2) is 0 Å². The minimum Gasteiger partial charge on any atom is -0.507 e. The van der Waals surface area contributed by atoms with Crippen molar-refractivity contribution in [3.63, 3.8) is 0 Å². The Balaban J connectivity index is 3.34. The molecule has 0 aliphatic heterocycles. The van der Waals surface area contributed by atoms with Crippen LogP contribution in [-0.4, -0.2) is 24.9 Å². The van der Waals surface area contributed by atoms with Gasteiger partial charge in [-0.15, -0.1) is 0 Å². The van der Waals surface area contributed by atoms with E-state index in [1.54, 1.807) is 4.98 Å². The molecular formula is C10H4N4O9. The number of rotatable bonds is 3. The van der Waals surface area contributed by atoms with E-state index in [0.717, 1.165) is 0 Å². The Labute approximate surface area is 122 Å². The summed E-state index contributed by atoms with van der Waals surface area (Å²) >= 11 is 0. The van der Waals surface area contributed by atoms with Crippen molar-refractivity contribution in [2.75, 3.05) is 0 Å². The van der Waals surface area contributed by atoms with Crippen LogP contribution in [0.4, 0.5) is 17.1 Å². The fourth-order valence-electron chi connectivity index (χ4n) is 1.93. The van der Waals surface area contributed by atoms with Gasteiger partial charge < -0.3 is 10.1 Å². The molecule has 0 unspecified atom stereocenters. The first-order chi connectivity index (χ1) is 10.6. The van der Waals surface area contributed by atoms with Crippen LogP contribution in [0.25, 0.3) is 10.9 Å². The Hall–Kier alpha value is -3.90. The topological polar surface area (TPSA) is 200 Å². The zero-order valence-corrected chi connectivity index (χ0v) is 10.7. The zero-order valence-electron chi connectivity index (χ0n) is 10.7. The van der Waals surface area contributed by atoms with Crippen LogP contribution < -0.4 is 11.0 Å². The molecule has 0 aliphatic carbocycles. The quantitative estimate of drug-likeness (QED) is 0.453. The van der Waals surface area contributed by atoms with Gasteiger partial charge in [0.15, 0.2) is 0 Å². The van der Waals surface area contributed by atoms with Crippen molar-refractivity contribution < 1.29 is 19.9 Å². The van der Waals surface area contributed by atoms with Crippen molar-refractivity contribution in [3.05, 3.63) is 63.1 Å². The second-order valence-electron chi connectivity index (χ2n) is 4.13. The number of nitrogens with zero attached hydrogens (tertiary/aromatic N) is 3. The highest BCUT2D eigenvalue weighted by molar-refractivity contribution is 6.01. The maximum atomic E-state index is 11.5. The predicted octanol–water partition coefficient (Wildman–Crippen LogP) is 0.318. The van der Waals surface area contributed by atoms with Gasteiger partial charge in [-0.2, -0.15) is 0 Å². The lowest BCUT2D eigenvalue weighted by Crippen LogP contribution is -2.22. The van der Waals surface area contributed by atoms with Crippen molar-refractivity contribution in [2.45, 2.75) is 0 Å². The van der Waals surface area contributed by atoms with E-state index in [2.05, 4.69) is 0 Å². The van der Waals surface area contributed by atoms with Gasteiger partial charge in [0.25, 0.3) is 11.2 Å². The highest BCUT2D eigenvalue weighted by Crippen LogP contribution is 2.41. The molecule has 0 saturated carbocycles. The van der Waals surface area contributed by atoms with Crippen LogP contribution in [0.2, 0.25) is 0 Å². The molecule has 2 aromatic rings. The minimum absolute atomic E-state index is 0.267. The average Bonchev–Trinajstić information content (AvgIpc) is 2.54. The summed E-state index contributed by atoms with van der Waals surface area (Å²) in [7, 11) is 0. The Morgan fingerprint density at radius 1 is 0.913 bits per heavy atom. The number of H-pyrrole nitrogens is 1. The summed E-state index contributed by atoms with van der Waals surface area (Å²) in [5.41, 5.74) is -7.44. The molecule has 0 spiro atoms. The Bertz CT molecular complexity index is 1010. The van der Waals surface area contributed by atoms with Crippen LogP contribution in [0.5, 0.6) is 5.75 Å². The fourth-order valence-corrected chi connectivity index (χ4v) is 1.93. The first kappa shape index (κ1) is 15.5. The van der Waals surface area contributed by atoms with Crippen LogP contribution in [0.15, 0.2) is 21.7 Å². The van der Waals surface area contributed by atoms with E-state index in [1.807, 2.05) is 0 Å². The third-order valence-electron chi connectivity index (χ3n) is 2.82. The van der Waals surface area contributed by atoms with Gasteiger partial charge in [-0.1, -0.05) is 0 Å². The van der Waals surface area contributed by atoms with E-state index in [0.29, 0.717) is 6.07 Å². The number of non-ortho nitro benzene ring substituents is 1. The molecule has 13 nitrogen and oxygen atoms in total. The molecule has 0 fully saturated rings. The summed E-state index contributed by atoms with van der Waals surface area (Å²) < 4.78 is 0. The molecule has 0 bridgehead atoms. The Morgan fingerprint density at radius 3 is 1.96 bits per heavy atom. The number of hydrogen-bond acceptors (Lipinski definition) is 9. The molecule has 0 aliphatic rings. The summed E-state index contributed by atoms with van der Waals surface area (Å²) in [5, 5.41) is 41.9. The summed E-state index contributed by atoms with van der Waals surface area (Å²) in [6, 6.07) is 0.590. The molecule has 0 amide bonds. The van der Waals surface area contributed by atoms with Crippen molar-refractivity contribution in [1.29, 1.82) is 0 Å². The second kappa shape index (κ2) is 5.14. The predicted molar refractivity (Wildman–Crippen MR) is 72.5 cm³/mol. The monoisotopic (exact) mass is 324 g/mol. The van der Waals surface area contributed by atoms with Crippen LogP contribution in [0.3, 0.4) is 0 Å². The van der Waals surface area contributed by atoms with Crippen LogP contribution in [0.1, 0.15) is 0 Å². The fraction of sp³-hybridized carbons (Fsp3) is 0. The van der Waals surface area contributed by atoms with Crippen LogP contribution in [-0.2, 0) is 0 Å². The zero-order chi connectivity index (χ0) is 17.5. The third-order valence-corrected chi connectivity index (χ3v) is 2.82. The standard InChI is InChI=1S/C10H4N4O9/c15-5-2-6(16)10(17)11-8-7(5)3(12(18)19)1-4(13(20)21)9(8)14(22)23/h1-2,15H,(H,11,16,17). The second-order valence-corrected chi connectivity index (χ2v) is 4.13. The number of nitro groups is 3. The molecule has 0 radical (unpaired) electrons. The van der Waals surface area contributed by atoms with Crippen molar-refractivity contribution in [1.82, 2.24) is 4.98 Å². The van der Waals surface area contributed by atoms with Gasteiger partial charge in [0, 0.05) is 6.07 Å². The molecule has 13 heteroatoms. The summed E-state index contributed by atoms with van der Waals surface area (Å²) in [6.45, 7) is 0. The average molecular weight is 324 g/mol. The van der Waals surface area contributed by atoms with E-state index in [1.165, 1.54) is 0 Å². The smallest absolute Gasteiger partial charge is 0.370 e. The maximum Gasteiger partial charge on any atom is 0.370 e. The maximum absolute atomic E-state index is 11.5. The van der Waals surface area contributed by atoms with E-state index in [9.17, 15) is 45.0 Å². The lowest BCUT2D eigenvalue weighted by Gasteiger charge is -2.01. The van der Waals surface area contributed by atoms with Crippen LogP contribution >= 0.6 is 0 Å². The molecule has 0 saturated heterocycles. The molecule has 1 heterocycles. The first-order valence-electron chi connectivity index (χ1n) is 5.55. The number of hydrogen-bond donors (Lipinski definition) is 2. The summed E-state index contributed by atoms with van der Waals surface area (Å²) in [4.78, 5) is 53.9. The Morgan fingerprint density at radius 2 is 1.48 bits per heavy atom. The number of nitro benzene ring substituents is 3. The van der Waals surface area contributed by atoms with Crippen LogP contribution in [0, 0.1) is 30.3 Å². The van der Waals surface area contributed by atoms with Crippen molar-refractivity contribution >= 4 is 28.0 Å². The summed E-state index contributed by atoms with van der Waals surface area (Å²) in [5.74, 6) is -1.10. The number of aromatic hydroxyl groups is 1. The van der Waals surface area contributed by atoms with E-state index in [-0.39, 0.29) is 6.07 Å². The third kappa shape index (κ3) is 2.41. The van der Waals surface area contributed by atoms with Gasteiger partial charge in [-0.3, -0.25) is 39.9 Å². The highest BCUT2D eigenvalue weighted by Gasteiger charge is 2.35. The highest BCUT2D eigenvalue weighted by atomic mass is 16.6. The molecule has 1 aromatic carbocycles. The molecule has 2 N–H and O–H groups in total. The number of aromatic amines is 1. The van der Waals surface area contributed by atoms with Gasteiger partial charge in [-0.05, 0) is 0 Å². The number of aromatic nitrogens is 1. The van der Waals surface area contributed by atoms with Crippen molar-refractivity contribution in [3.8, 4) is 5.75 Å². The molecule has 118 valence electrons. The van der Waals surface area contributed by atoms with E-state index < -0.39 is 59.5 Å². The van der Waals surface area contributed by atoms with Gasteiger partial charge >= 0.3 is 11.4 Å². The van der Waals surface area contributed by atoms with Gasteiger partial charge in [0.05, 0.1) is 14.8 Å². The van der Waals surface area contributed by atoms with Gasteiger partial charge in [0.2, 0.25) is 5.43 Å². The molecule has 0 atom stereocenters. The normalized spacial score (nSPS) is 10.4. The molecule has 1 aromatic heterocycles. The SMILES string of the molecule is O=c1cc(O)c2c([N+](=O)[O-])cc([N+](=O)[O-])c([N+](=O)[O-])c2[nH]c1=O. The molecular weight excluding hydrogens is 320 g/mol. The number of benzene rings is 1.